The van der Waals surface area contributed by atoms with Crippen LogP contribution in [0.4, 0.5) is 4.79 Å². The molecule has 1 fully saturated rings. The van der Waals surface area contributed by atoms with Crippen LogP contribution in [-0.2, 0) is 35.8 Å². The fraction of sp³-hybridized carbons (Fsp3) is 0.276. The summed E-state index contributed by atoms with van der Waals surface area (Å²) < 4.78 is 15.8. The van der Waals surface area contributed by atoms with E-state index in [4.69, 9.17) is 14.2 Å². The molecule has 2 aliphatic heterocycles. The van der Waals surface area contributed by atoms with Crippen LogP contribution in [0, 0.1) is 5.92 Å². The molecule has 3 atom stereocenters. The molecule has 3 aromatic rings. The Morgan fingerprint density at radius 2 is 1.78 bits per heavy atom. The van der Waals surface area contributed by atoms with Crippen molar-refractivity contribution in [3.63, 3.8) is 0 Å². The van der Waals surface area contributed by atoms with Gasteiger partial charge in [-0.1, -0.05) is 60.7 Å². The molecule has 3 heterocycles. The van der Waals surface area contributed by atoms with Crippen LogP contribution in [0.1, 0.15) is 23.2 Å². The lowest BCUT2D eigenvalue weighted by Crippen LogP contribution is -2.64. The van der Waals surface area contributed by atoms with Crippen LogP contribution in [0.5, 0.6) is 0 Å². The Bertz CT molecular complexity index is 1390. The summed E-state index contributed by atoms with van der Waals surface area (Å²) >= 11 is 0. The molecule has 1 N–H and O–H groups in total. The number of nitrogens with zero attached hydrogens (tertiary/aromatic N) is 1. The zero-order valence-corrected chi connectivity index (χ0v) is 20.7. The minimum absolute atomic E-state index is 0.0859. The number of fused-ring (bicyclic) bond motifs is 3. The molecule has 6 rings (SSSR count). The van der Waals surface area contributed by atoms with Crippen molar-refractivity contribution in [2.45, 2.75) is 24.5 Å². The smallest absolute Gasteiger partial charge is 0.410 e. The highest BCUT2D eigenvalue weighted by atomic mass is 16.6. The van der Waals surface area contributed by atoms with Crippen molar-refractivity contribution in [1.29, 1.82) is 0 Å². The van der Waals surface area contributed by atoms with Crippen LogP contribution in [0.25, 0.3) is 17.0 Å². The van der Waals surface area contributed by atoms with Crippen molar-refractivity contribution >= 4 is 35.0 Å². The zero-order chi connectivity index (χ0) is 26.0. The normalized spacial score (nSPS) is 22.4. The Morgan fingerprint density at radius 1 is 1.03 bits per heavy atom. The molecular formula is C29H28N2O6. The Labute approximate surface area is 214 Å². The van der Waals surface area contributed by atoms with Gasteiger partial charge in [0.2, 0.25) is 0 Å². The van der Waals surface area contributed by atoms with E-state index in [1.165, 1.54) is 20.3 Å². The van der Waals surface area contributed by atoms with Crippen molar-refractivity contribution in [2.75, 3.05) is 20.8 Å². The first kappa shape index (κ1) is 24.4. The van der Waals surface area contributed by atoms with Crippen LogP contribution in [-0.4, -0.2) is 54.7 Å². The summed E-state index contributed by atoms with van der Waals surface area (Å²) in [5, 5.41) is 0.838. The second-order valence-corrected chi connectivity index (χ2v) is 9.27. The number of amides is 1. The van der Waals surface area contributed by atoms with E-state index < -0.39 is 29.5 Å². The highest BCUT2D eigenvalue weighted by molar-refractivity contribution is 5.98. The number of carbonyl (C=O) groups excluding carboxylic acids is 3. The number of aromatic amines is 1. The van der Waals surface area contributed by atoms with E-state index in [1.807, 2.05) is 66.7 Å². The Kier molecular flexibility index (Phi) is 6.56. The maximum atomic E-state index is 13.7. The molecular weight excluding hydrogens is 472 g/mol. The molecule has 0 unspecified atom stereocenters. The number of para-hydroxylation sites is 1. The first-order valence-electron chi connectivity index (χ1n) is 12.1. The number of esters is 2. The molecule has 1 amide bonds. The van der Waals surface area contributed by atoms with Crippen molar-refractivity contribution in [3.8, 4) is 0 Å². The number of H-pyrrole nitrogens is 1. The van der Waals surface area contributed by atoms with E-state index in [1.54, 1.807) is 11.0 Å². The van der Waals surface area contributed by atoms with Gasteiger partial charge in [0, 0.05) is 34.8 Å². The summed E-state index contributed by atoms with van der Waals surface area (Å²) in [6.45, 7) is 0.559. The zero-order valence-electron chi connectivity index (χ0n) is 20.7. The van der Waals surface area contributed by atoms with Crippen LogP contribution in [0.2, 0.25) is 0 Å². The molecule has 37 heavy (non-hydrogen) atoms. The topological polar surface area (TPSA) is 97.9 Å². The number of hydrogen-bond acceptors (Lipinski definition) is 6. The van der Waals surface area contributed by atoms with Gasteiger partial charge < -0.3 is 19.2 Å². The number of ether oxygens (including phenoxy) is 3. The first-order chi connectivity index (χ1) is 18.0. The number of hydrogen-bond donors (Lipinski definition) is 1. The number of aromatic nitrogens is 1. The average molecular weight is 501 g/mol. The van der Waals surface area contributed by atoms with Gasteiger partial charge in [0.25, 0.3) is 0 Å². The molecule has 2 bridgehead atoms. The molecule has 8 nitrogen and oxygen atoms in total. The monoisotopic (exact) mass is 500 g/mol. The van der Waals surface area contributed by atoms with Gasteiger partial charge in [-0.15, -0.1) is 0 Å². The quantitative estimate of drug-likeness (QED) is 0.234. The summed E-state index contributed by atoms with van der Waals surface area (Å²) in [6, 6.07) is 16.4. The lowest BCUT2D eigenvalue weighted by Gasteiger charge is -2.51. The fourth-order valence-corrected chi connectivity index (χ4v) is 5.53. The summed E-state index contributed by atoms with van der Waals surface area (Å²) in [5.74, 6) is -1.07. The highest BCUT2D eigenvalue weighted by Gasteiger charge is 2.59. The van der Waals surface area contributed by atoms with Gasteiger partial charge in [-0.25, -0.2) is 9.59 Å². The molecule has 0 spiro atoms. The van der Waals surface area contributed by atoms with Gasteiger partial charge in [-0.05, 0) is 30.0 Å². The number of benzene rings is 2. The van der Waals surface area contributed by atoms with Crippen LogP contribution in [0.3, 0.4) is 0 Å². The Hall–Kier alpha value is -4.33. The number of carbonyl (C=O) groups is 3. The Morgan fingerprint density at radius 3 is 2.51 bits per heavy atom. The van der Waals surface area contributed by atoms with Gasteiger partial charge in [0.05, 0.1) is 20.3 Å². The number of nitrogens with one attached hydrogen (secondary N) is 1. The summed E-state index contributed by atoms with van der Waals surface area (Å²) in [7, 11) is 2.66. The predicted octanol–water partition coefficient (Wildman–Crippen LogP) is 4.36. The fourth-order valence-electron chi connectivity index (χ4n) is 5.53. The lowest BCUT2D eigenvalue weighted by molar-refractivity contribution is -0.153. The summed E-state index contributed by atoms with van der Waals surface area (Å²) in [5.41, 5.74) is 1.70. The minimum Gasteiger partial charge on any atom is -0.468 e. The summed E-state index contributed by atoms with van der Waals surface area (Å²) in [4.78, 5) is 44.0. The largest absolute Gasteiger partial charge is 0.468 e. The predicted molar refractivity (Wildman–Crippen MR) is 137 cm³/mol. The van der Waals surface area contributed by atoms with Crippen molar-refractivity contribution < 1.29 is 28.6 Å². The summed E-state index contributed by atoms with van der Waals surface area (Å²) in [6.07, 6.45) is 6.84. The number of methoxy groups -OCH3 is 2. The number of piperidine rings is 1. The van der Waals surface area contributed by atoms with Crippen LogP contribution < -0.4 is 0 Å². The van der Waals surface area contributed by atoms with Crippen molar-refractivity contribution in [1.82, 2.24) is 9.88 Å². The first-order valence-corrected chi connectivity index (χ1v) is 12.1. The average Bonchev–Trinajstić information content (AvgIpc) is 3.33. The molecule has 1 aromatic heterocycles. The van der Waals surface area contributed by atoms with E-state index in [0.717, 1.165) is 16.5 Å². The van der Waals surface area contributed by atoms with Crippen LogP contribution in [0.15, 0.2) is 72.8 Å². The second kappa shape index (κ2) is 9.97. The molecule has 1 saturated heterocycles. The Balaban J connectivity index is 1.59. The lowest BCUT2D eigenvalue weighted by atomic mass is 9.63. The third kappa shape index (κ3) is 4.28. The van der Waals surface area contributed by atoms with E-state index in [-0.39, 0.29) is 12.5 Å². The molecule has 3 aliphatic rings. The van der Waals surface area contributed by atoms with E-state index in [0.29, 0.717) is 24.2 Å². The van der Waals surface area contributed by atoms with Gasteiger partial charge >= 0.3 is 18.0 Å². The van der Waals surface area contributed by atoms with Crippen molar-refractivity contribution in [2.24, 2.45) is 5.92 Å². The molecule has 2 aromatic carbocycles. The van der Waals surface area contributed by atoms with Gasteiger partial charge in [-0.2, -0.15) is 0 Å². The standard InChI is InChI=1S/C29H28N2O6/c1-35-25(32)15-13-22-21-10-6-7-11-23(21)30-26(22)29(27(33)36-2)16-20-12-14-24(29)31(17-20)28(34)37-18-19-8-4-3-5-9-19/h3-15,20,24,30H,16-18H2,1-2H3/b15-13+/t20-,24+,29+/m0/s1. The van der Waals surface area contributed by atoms with E-state index in [9.17, 15) is 14.4 Å². The van der Waals surface area contributed by atoms with Gasteiger partial charge in [0.15, 0.2) is 0 Å². The van der Waals surface area contributed by atoms with E-state index >= 15 is 0 Å². The third-order valence-corrected chi connectivity index (χ3v) is 7.19. The van der Waals surface area contributed by atoms with Crippen LogP contribution >= 0.6 is 0 Å². The molecule has 0 saturated carbocycles. The molecule has 0 radical (unpaired) electrons. The van der Waals surface area contributed by atoms with Crippen molar-refractivity contribution in [3.05, 3.63) is 89.6 Å². The maximum absolute atomic E-state index is 13.7. The molecule has 1 aliphatic carbocycles. The molecule has 190 valence electrons. The molecule has 8 heteroatoms. The van der Waals surface area contributed by atoms with Gasteiger partial charge in [0.1, 0.15) is 12.0 Å². The third-order valence-electron chi connectivity index (χ3n) is 7.19. The second-order valence-electron chi connectivity index (χ2n) is 9.27. The SMILES string of the molecule is COC(=O)/C=C/c1c([C@@]2(C(=O)OC)C[C@@H]3C=C[C@H]2N(C(=O)OCc2ccccc2)C3)[nH]c2ccccc12. The highest BCUT2D eigenvalue weighted by Crippen LogP contribution is 2.49. The maximum Gasteiger partial charge on any atom is 0.410 e. The minimum atomic E-state index is -1.23. The van der Waals surface area contributed by atoms with Gasteiger partial charge in [-0.3, -0.25) is 9.69 Å². The van der Waals surface area contributed by atoms with E-state index in [2.05, 4.69) is 4.98 Å². The number of rotatable bonds is 6.